The number of benzene rings is 1. The minimum absolute atomic E-state index is 0.0259. The molecule has 2 aliphatic rings. The third kappa shape index (κ3) is 4.74. The molecule has 6 nitrogen and oxygen atoms in total. The number of carbonyl (C=O) groups excluding carboxylic acids is 2. The number of hydrogen-bond acceptors (Lipinski definition) is 5. The number of thiazole rings is 1. The number of nitrogens with zero attached hydrogens (tertiary/aromatic N) is 3. The Kier molecular flexibility index (Phi) is 6.27. The summed E-state index contributed by atoms with van der Waals surface area (Å²) in [6.45, 7) is 8.75. The summed E-state index contributed by atoms with van der Waals surface area (Å²) in [5.74, 6) is -0.313. The lowest BCUT2D eigenvalue weighted by Crippen LogP contribution is -2.49. The largest absolute Gasteiger partial charge is 0.345 e. The van der Waals surface area contributed by atoms with Crippen molar-refractivity contribution in [2.24, 2.45) is 11.8 Å². The van der Waals surface area contributed by atoms with Crippen molar-refractivity contribution in [1.82, 2.24) is 9.88 Å². The van der Waals surface area contributed by atoms with E-state index < -0.39 is 0 Å². The molecule has 166 valence electrons. The fourth-order valence-corrected chi connectivity index (χ4v) is 5.41. The first-order valence-electron chi connectivity index (χ1n) is 10.9. The molecule has 1 aromatic heterocycles. The molecule has 1 aliphatic carbocycles. The number of piperazine rings is 1. The number of aryl methyl sites for hydroxylation is 2. The summed E-state index contributed by atoms with van der Waals surface area (Å²) >= 11 is 1.66. The Hall–Kier alpha value is -2.48. The van der Waals surface area contributed by atoms with E-state index in [0.717, 1.165) is 60.3 Å². The molecular formula is C23H29FN4O2S. The Morgan fingerprint density at radius 3 is 2.68 bits per heavy atom. The number of amides is 2. The van der Waals surface area contributed by atoms with Crippen LogP contribution in [0.2, 0.25) is 0 Å². The van der Waals surface area contributed by atoms with Crippen LogP contribution >= 0.6 is 11.3 Å². The van der Waals surface area contributed by atoms with Crippen LogP contribution in [-0.4, -0.2) is 47.9 Å². The van der Waals surface area contributed by atoms with Gasteiger partial charge in [0.25, 0.3) is 0 Å². The molecule has 0 saturated carbocycles. The van der Waals surface area contributed by atoms with Gasteiger partial charge in [0.1, 0.15) is 5.82 Å². The highest BCUT2D eigenvalue weighted by Gasteiger charge is 2.30. The molecular weight excluding hydrogens is 415 g/mol. The second-order valence-corrected chi connectivity index (χ2v) is 9.78. The molecule has 1 aliphatic heterocycles. The van der Waals surface area contributed by atoms with Gasteiger partial charge in [-0.15, -0.1) is 11.3 Å². The summed E-state index contributed by atoms with van der Waals surface area (Å²) in [7, 11) is 0. The van der Waals surface area contributed by atoms with Crippen molar-refractivity contribution in [2.75, 3.05) is 36.4 Å². The van der Waals surface area contributed by atoms with Gasteiger partial charge in [0.05, 0.1) is 5.69 Å². The van der Waals surface area contributed by atoms with Gasteiger partial charge in [-0.25, -0.2) is 9.37 Å². The minimum atomic E-state index is -0.353. The van der Waals surface area contributed by atoms with Crippen LogP contribution in [0.4, 0.5) is 15.2 Å². The maximum Gasteiger partial charge on any atom is 0.227 e. The van der Waals surface area contributed by atoms with Crippen LogP contribution in [-0.2, 0) is 22.4 Å². The summed E-state index contributed by atoms with van der Waals surface area (Å²) in [5, 5.41) is 3.89. The maximum absolute atomic E-state index is 13.5. The number of anilines is 2. The SMILES string of the molecule is Cc1ccc(F)cc1NC(=O)[C@@H]1CCc2nc(N3CCN(C(=O)C(C)C)CC3)sc2C1. The van der Waals surface area contributed by atoms with Crippen LogP contribution in [0.25, 0.3) is 0 Å². The van der Waals surface area contributed by atoms with Gasteiger partial charge in [-0.1, -0.05) is 19.9 Å². The van der Waals surface area contributed by atoms with E-state index in [0.29, 0.717) is 12.1 Å². The molecule has 0 radical (unpaired) electrons. The van der Waals surface area contributed by atoms with E-state index in [4.69, 9.17) is 4.98 Å². The molecule has 2 aromatic rings. The number of halogens is 1. The summed E-state index contributed by atoms with van der Waals surface area (Å²) in [5.41, 5.74) is 2.47. The van der Waals surface area contributed by atoms with E-state index in [9.17, 15) is 14.0 Å². The molecule has 8 heteroatoms. The number of aromatic nitrogens is 1. The van der Waals surface area contributed by atoms with Crippen molar-refractivity contribution < 1.29 is 14.0 Å². The zero-order chi connectivity index (χ0) is 22.1. The lowest BCUT2D eigenvalue weighted by molar-refractivity contribution is -0.134. The number of fused-ring (bicyclic) bond motifs is 1. The van der Waals surface area contributed by atoms with Crippen LogP contribution < -0.4 is 10.2 Å². The molecule has 1 N–H and O–H groups in total. The van der Waals surface area contributed by atoms with Crippen LogP contribution in [0.1, 0.15) is 36.4 Å². The van der Waals surface area contributed by atoms with Gasteiger partial charge in [0.15, 0.2) is 5.13 Å². The third-order valence-corrected chi connectivity index (χ3v) is 7.29. The standard InChI is InChI=1S/C23H29FN4O2S/c1-14(2)22(30)27-8-10-28(11-9-27)23-26-18-7-5-16(12-20(18)31-23)21(29)25-19-13-17(24)6-4-15(19)3/h4,6,13-14,16H,5,7-12H2,1-3H3,(H,25,29)/t16-/m1/s1. The fourth-order valence-electron chi connectivity index (χ4n) is 4.17. The van der Waals surface area contributed by atoms with Gasteiger partial charge >= 0.3 is 0 Å². The molecule has 2 amide bonds. The van der Waals surface area contributed by atoms with E-state index in [1.54, 1.807) is 17.4 Å². The second kappa shape index (κ2) is 8.94. The highest BCUT2D eigenvalue weighted by atomic mass is 32.1. The molecule has 0 bridgehead atoms. The van der Waals surface area contributed by atoms with E-state index >= 15 is 0 Å². The van der Waals surface area contributed by atoms with E-state index in [2.05, 4.69) is 10.2 Å². The monoisotopic (exact) mass is 444 g/mol. The maximum atomic E-state index is 13.5. The zero-order valence-corrected chi connectivity index (χ0v) is 19.1. The number of nitrogens with one attached hydrogen (secondary N) is 1. The third-order valence-electron chi connectivity index (χ3n) is 6.11. The minimum Gasteiger partial charge on any atom is -0.345 e. The van der Waals surface area contributed by atoms with Crippen LogP contribution in [0.5, 0.6) is 0 Å². The quantitative estimate of drug-likeness (QED) is 0.782. The molecule has 0 unspecified atom stereocenters. The topological polar surface area (TPSA) is 65.5 Å². The fraction of sp³-hybridized carbons (Fsp3) is 0.522. The molecule has 2 heterocycles. The highest BCUT2D eigenvalue weighted by molar-refractivity contribution is 7.15. The Morgan fingerprint density at radius 2 is 1.97 bits per heavy atom. The first kappa shape index (κ1) is 21.7. The van der Waals surface area contributed by atoms with Crippen LogP contribution in [0.15, 0.2) is 18.2 Å². The predicted octanol–water partition coefficient (Wildman–Crippen LogP) is 3.64. The Labute approximate surface area is 186 Å². The van der Waals surface area contributed by atoms with Gasteiger partial charge in [-0.3, -0.25) is 9.59 Å². The predicted molar refractivity (Wildman–Crippen MR) is 121 cm³/mol. The van der Waals surface area contributed by atoms with Crippen molar-refractivity contribution in [3.8, 4) is 0 Å². The van der Waals surface area contributed by atoms with Crippen molar-refractivity contribution in [2.45, 2.75) is 40.0 Å². The first-order chi connectivity index (χ1) is 14.8. The van der Waals surface area contributed by atoms with Crippen molar-refractivity contribution in [3.63, 3.8) is 0 Å². The van der Waals surface area contributed by atoms with Crippen LogP contribution in [0, 0.1) is 24.6 Å². The van der Waals surface area contributed by atoms with E-state index in [1.807, 2.05) is 25.7 Å². The lowest BCUT2D eigenvalue weighted by Gasteiger charge is -2.35. The lowest BCUT2D eigenvalue weighted by atomic mass is 9.90. The Morgan fingerprint density at radius 1 is 1.23 bits per heavy atom. The van der Waals surface area contributed by atoms with E-state index in [-0.39, 0.29) is 29.5 Å². The van der Waals surface area contributed by atoms with Gasteiger partial charge in [0.2, 0.25) is 11.8 Å². The smallest absolute Gasteiger partial charge is 0.227 e. The molecule has 1 aromatic carbocycles. The summed E-state index contributed by atoms with van der Waals surface area (Å²) in [6, 6.07) is 4.44. The normalized spacial score (nSPS) is 18.8. The van der Waals surface area contributed by atoms with Gasteiger partial charge in [0, 0.05) is 48.6 Å². The number of carbonyl (C=O) groups is 2. The van der Waals surface area contributed by atoms with Gasteiger partial charge < -0.3 is 15.1 Å². The summed E-state index contributed by atoms with van der Waals surface area (Å²) < 4.78 is 13.5. The van der Waals surface area contributed by atoms with E-state index in [1.165, 1.54) is 12.1 Å². The molecule has 1 atom stereocenters. The van der Waals surface area contributed by atoms with Crippen molar-refractivity contribution in [1.29, 1.82) is 0 Å². The number of rotatable bonds is 4. The molecule has 0 spiro atoms. The second-order valence-electron chi connectivity index (χ2n) is 8.72. The molecule has 31 heavy (non-hydrogen) atoms. The summed E-state index contributed by atoms with van der Waals surface area (Å²) in [4.78, 5) is 35.2. The number of hydrogen-bond donors (Lipinski definition) is 1. The molecule has 1 saturated heterocycles. The van der Waals surface area contributed by atoms with Crippen molar-refractivity contribution >= 4 is 34.0 Å². The van der Waals surface area contributed by atoms with Crippen molar-refractivity contribution in [3.05, 3.63) is 40.2 Å². The first-order valence-corrected chi connectivity index (χ1v) is 11.7. The Bertz CT molecular complexity index is 982. The van der Waals surface area contributed by atoms with Crippen LogP contribution in [0.3, 0.4) is 0 Å². The molecule has 1 fully saturated rings. The average Bonchev–Trinajstić information content (AvgIpc) is 3.19. The average molecular weight is 445 g/mol. The molecule has 4 rings (SSSR count). The van der Waals surface area contributed by atoms with Gasteiger partial charge in [-0.2, -0.15) is 0 Å². The zero-order valence-electron chi connectivity index (χ0n) is 18.3. The van der Waals surface area contributed by atoms with Gasteiger partial charge in [-0.05, 0) is 43.9 Å². The Balaban J connectivity index is 1.38. The summed E-state index contributed by atoms with van der Waals surface area (Å²) in [6.07, 6.45) is 2.18. The highest BCUT2D eigenvalue weighted by Crippen LogP contribution is 2.35.